The Balaban J connectivity index is 1.92. The van der Waals surface area contributed by atoms with E-state index in [1.54, 1.807) is 0 Å². The van der Waals surface area contributed by atoms with Crippen molar-refractivity contribution in [1.29, 1.82) is 0 Å². The second kappa shape index (κ2) is 7.09. The van der Waals surface area contributed by atoms with Gasteiger partial charge in [0, 0.05) is 23.4 Å². The molecule has 0 amide bonds. The highest BCUT2D eigenvalue weighted by atomic mass is 16.1. The molecule has 1 aliphatic carbocycles. The predicted octanol–water partition coefficient (Wildman–Crippen LogP) is 6.66. The molecule has 0 aliphatic heterocycles. The quantitative estimate of drug-likeness (QED) is 0.470. The van der Waals surface area contributed by atoms with Gasteiger partial charge in [-0.25, -0.2) is 0 Å². The van der Waals surface area contributed by atoms with Crippen LogP contribution in [0.3, 0.4) is 0 Å². The molecule has 0 bridgehead atoms. The lowest BCUT2D eigenvalue weighted by Crippen LogP contribution is -2.23. The van der Waals surface area contributed by atoms with Gasteiger partial charge in [0.15, 0.2) is 5.78 Å². The van der Waals surface area contributed by atoms with Crippen LogP contribution in [0.1, 0.15) is 67.2 Å². The van der Waals surface area contributed by atoms with Gasteiger partial charge in [-0.1, -0.05) is 51.1 Å². The first-order valence-electron chi connectivity index (χ1n) is 10.4. The van der Waals surface area contributed by atoms with Crippen LogP contribution in [0.4, 0.5) is 0 Å². The normalized spacial score (nSPS) is 15.3. The van der Waals surface area contributed by atoms with Crippen LogP contribution in [0.5, 0.6) is 0 Å². The number of hydrogen-bond donors (Lipinski definition) is 0. The summed E-state index contributed by atoms with van der Waals surface area (Å²) in [6.45, 7) is 8.68. The molecule has 4 rings (SSSR count). The number of aromatic nitrogens is 1. The second-order valence-electron chi connectivity index (χ2n) is 8.59. The monoisotopic (exact) mass is 371 g/mol. The van der Waals surface area contributed by atoms with Crippen molar-refractivity contribution in [2.75, 3.05) is 0 Å². The topological polar surface area (TPSA) is 22.0 Å². The van der Waals surface area contributed by atoms with Gasteiger partial charge in [0.1, 0.15) is 0 Å². The summed E-state index contributed by atoms with van der Waals surface area (Å²) in [5, 5.41) is 0. The molecule has 0 spiro atoms. The highest BCUT2D eigenvalue weighted by molar-refractivity contribution is 5.98. The SMILES string of the molecule is CCC(=O)c1cc(-c2ccc3c(c2)CCCC3(C)C)n(-c2ccccc2)c1C. The molecular weight excluding hydrogens is 342 g/mol. The lowest BCUT2D eigenvalue weighted by atomic mass is 9.72. The zero-order valence-electron chi connectivity index (χ0n) is 17.4. The van der Waals surface area contributed by atoms with Gasteiger partial charge in [-0.05, 0) is 72.6 Å². The summed E-state index contributed by atoms with van der Waals surface area (Å²) in [6, 6.07) is 19.3. The predicted molar refractivity (Wildman–Crippen MR) is 117 cm³/mol. The van der Waals surface area contributed by atoms with Crippen LogP contribution in [-0.2, 0) is 11.8 Å². The largest absolute Gasteiger partial charge is 0.313 e. The third kappa shape index (κ3) is 3.11. The maximum absolute atomic E-state index is 12.6. The zero-order chi connectivity index (χ0) is 19.9. The van der Waals surface area contributed by atoms with Gasteiger partial charge in [0.25, 0.3) is 0 Å². The molecule has 0 atom stereocenters. The Labute approximate surface area is 168 Å². The molecule has 0 saturated carbocycles. The number of benzene rings is 2. The number of carbonyl (C=O) groups is 1. The van der Waals surface area contributed by atoms with Crippen LogP contribution in [0.25, 0.3) is 16.9 Å². The van der Waals surface area contributed by atoms with Gasteiger partial charge >= 0.3 is 0 Å². The maximum Gasteiger partial charge on any atom is 0.164 e. The fraction of sp³-hybridized carbons (Fsp3) is 0.346. The lowest BCUT2D eigenvalue weighted by molar-refractivity contribution is 0.0987. The molecule has 3 aromatic rings. The van der Waals surface area contributed by atoms with Crippen molar-refractivity contribution in [1.82, 2.24) is 4.57 Å². The van der Waals surface area contributed by atoms with Gasteiger partial charge in [-0.15, -0.1) is 0 Å². The minimum atomic E-state index is 0.201. The van der Waals surface area contributed by atoms with Gasteiger partial charge in [0.05, 0.1) is 5.69 Å². The molecule has 0 fully saturated rings. The van der Waals surface area contributed by atoms with Crippen molar-refractivity contribution in [2.45, 2.75) is 58.8 Å². The Morgan fingerprint density at radius 2 is 1.82 bits per heavy atom. The number of rotatable bonds is 4. The summed E-state index contributed by atoms with van der Waals surface area (Å²) in [5.41, 5.74) is 8.42. The fourth-order valence-electron chi connectivity index (χ4n) is 4.68. The second-order valence-corrected chi connectivity index (χ2v) is 8.59. The molecule has 144 valence electrons. The number of ketones is 1. The van der Waals surface area contributed by atoms with Crippen molar-refractivity contribution >= 4 is 5.78 Å². The van der Waals surface area contributed by atoms with E-state index in [1.807, 2.05) is 13.0 Å². The lowest BCUT2D eigenvalue weighted by Gasteiger charge is -2.33. The van der Waals surface area contributed by atoms with Crippen molar-refractivity contribution < 1.29 is 4.79 Å². The molecule has 0 unspecified atom stereocenters. The summed E-state index contributed by atoms with van der Waals surface area (Å²) in [5.74, 6) is 0.201. The summed E-state index contributed by atoms with van der Waals surface area (Å²) < 4.78 is 2.23. The van der Waals surface area contributed by atoms with Crippen molar-refractivity contribution in [2.24, 2.45) is 0 Å². The zero-order valence-corrected chi connectivity index (χ0v) is 17.4. The van der Waals surface area contributed by atoms with Crippen molar-refractivity contribution in [3.63, 3.8) is 0 Å². The Morgan fingerprint density at radius 3 is 2.54 bits per heavy atom. The molecule has 1 aliphatic rings. The number of para-hydroxylation sites is 1. The fourth-order valence-corrected chi connectivity index (χ4v) is 4.68. The highest BCUT2D eigenvalue weighted by Crippen LogP contribution is 2.39. The number of hydrogen-bond acceptors (Lipinski definition) is 1. The van der Waals surface area contributed by atoms with Crippen LogP contribution < -0.4 is 0 Å². The highest BCUT2D eigenvalue weighted by Gasteiger charge is 2.28. The summed E-state index contributed by atoms with van der Waals surface area (Å²) >= 11 is 0. The van der Waals surface area contributed by atoms with Gasteiger partial charge < -0.3 is 4.57 Å². The molecule has 1 aromatic heterocycles. The molecular formula is C26H29NO. The molecule has 0 N–H and O–H groups in total. The van der Waals surface area contributed by atoms with E-state index < -0.39 is 0 Å². The molecule has 0 radical (unpaired) electrons. The van der Waals surface area contributed by atoms with E-state index in [2.05, 4.69) is 73.9 Å². The van der Waals surface area contributed by atoms with E-state index in [0.717, 1.165) is 29.1 Å². The standard InChI is InChI=1S/C26H29NO/c1-5-25(28)22-17-24(27(18(22)2)21-11-7-6-8-12-21)20-13-14-23-19(16-20)10-9-15-26(23,3)4/h6-8,11-14,16-17H,5,9-10,15H2,1-4H3. The smallest absolute Gasteiger partial charge is 0.164 e. The maximum atomic E-state index is 12.6. The third-order valence-electron chi connectivity index (χ3n) is 6.26. The first-order chi connectivity index (χ1) is 13.4. The summed E-state index contributed by atoms with van der Waals surface area (Å²) in [6.07, 6.45) is 4.14. The molecule has 28 heavy (non-hydrogen) atoms. The molecule has 2 aromatic carbocycles. The third-order valence-corrected chi connectivity index (χ3v) is 6.26. The van der Waals surface area contributed by atoms with Crippen LogP contribution in [0.2, 0.25) is 0 Å². The van der Waals surface area contributed by atoms with Crippen molar-refractivity contribution in [3.8, 4) is 16.9 Å². The van der Waals surface area contributed by atoms with E-state index in [4.69, 9.17) is 0 Å². The van der Waals surface area contributed by atoms with Gasteiger partial charge in [-0.3, -0.25) is 4.79 Å². The Hall–Kier alpha value is -2.61. The Bertz CT molecular complexity index is 1020. The number of Topliss-reactive ketones (excluding diaryl/α,β-unsaturated/α-hetero) is 1. The van der Waals surface area contributed by atoms with Crippen LogP contribution in [0.15, 0.2) is 54.6 Å². The number of nitrogens with zero attached hydrogens (tertiary/aromatic N) is 1. The van der Waals surface area contributed by atoms with Crippen LogP contribution in [0, 0.1) is 6.92 Å². The van der Waals surface area contributed by atoms with Crippen LogP contribution >= 0.6 is 0 Å². The average Bonchev–Trinajstić information content (AvgIpc) is 3.04. The summed E-state index contributed by atoms with van der Waals surface area (Å²) in [7, 11) is 0. The molecule has 1 heterocycles. The molecule has 0 saturated heterocycles. The molecule has 2 heteroatoms. The minimum Gasteiger partial charge on any atom is -0.313 e. The average molecular weight is 372 g/mol. The number of carbonyl (C=O) groups excluding carboxylic acids is 1. The van der Waals surface area contributed by atoms with E-state index in [9.17, 15) is 4.79 Å². The van der Waals surface area contributed by atoms with E-state index in [-0.39, 0.29) is 11.2 Å². The first kappa shape index (κ1) is 18.7. The van der Waals surface area contributed by atoms with E-state index in [1.165, 1.54) is 29.5 Å². The first-order valence-corrected chi connectivity index (χ1v) is 10.4. The van der Waals surface area contributed by atoms with Crippen LogP contribution in [-0.4, -0.2) is 10.4 Å². The summed E-state index contributed by atoms with van der Waals surface area (Å²) in [4.78, 5) is 12.6. The van der Waals surface area contributed by atoms with E-state index in [0.29, 0.717) is 6.42 Å². The Kier molecular flexibility index (Phi) is 4.74. The van der Waals surface area contributed by atoms with Crippen molar-refractivity contribution in [3.05, 3.63) is 77.0 Å². The van der Waals surface area contributed by atoms with E-state index >= 15 is 0 Å². The number of aryl methyl sites for hydroxylation is 1. The molecule has 2 nitrogen and oxygen atoms in total. The van der Waals surface area contributed by atoms with Gasteiger partial charge in [-0.2, -0.15) is 0 Å². The number of fused-ring (bicyclic) bond motifs is 1. The minimum absolute atomic E-state index is 0.201. The van der Waals surface area contributed by atoms with Gasteiger partial charge in [0.2, 0.25) is 0 Å². The Morgan fingerprint density at radius 1 is 1.07 bits per heavy atom.